The Hall–Kier alpha value is -1.38. The van der Waals surface area contributed by atoms with Gasteiger partial charge in [0.15, 0.2) is 0 Å². The highest BCUT2D eigenvalue weighted by molar-refractivity contribution is 5.93. The minimum Gasteiger partial charge on any atom is -0.369 e. The third-order valence-electron chi connectivity index (χ3n) is 8.47. The van der Waals surface area contributed by atoms with Crippen LogP contribution in [-0.4, -0.2) is 62.8 Å². The molecular formula is C34H70N8. The molecule has 1 unspecified atom stereocenters. The second-order valence-electron chi connectivity index (χ2n) is 18.0. The Kier molecular flexibility index (Phi) is 11.7. The quantitative estimate of drug-likeness (QED) is 0.0889. The minimum absolute atomic E-state index is 0.0357. The zero-order chi connectivity index (χ0) is 32.4. The molecule has 0 aromatic heterocycles. The lowest BCUT2D eigenvalue weighted by Gasteiger charge is -2.53. The number of nitrogens with two attached hydrogens (primary N) is 2. The lowest BCUT2D eigenvalue weighted by Crippen LogP contribution is -2.68. The number of hydrogen-bond acceptors (Lipinski definition) is 4. The van der Waals surface area contributed by atoms with Gasteiger partial charge in [0.1, 0.15) is 0 Å². The van der Waals surface area contributed by atoms with Crippen molar-refractivity contribution in [2.24, 2.45) is 26.9 Å². The first-order valence-corrected chi connectivity index (χ1v) is 16.7. The van der Waals surface area contributed by atoms with Crippen LogP contribution in [0.1, 0.15) is 155 Å². The number of rotatable bonds is 10. The molecule has 2 saturated heterocycles. The summed E-state index contributed by atoms with van der Waals surface area (Å²) in [6.07, 6.45) is 9.52. The van der Waals surface area contributed by atoms with Gasteiger partial charge in [0.25, 0.3) is 0 Å². The monoisotopic (exact) mass is 591 g/mol. The van der Waals surface area contributed by atoms with Crippen molar-refractivity contribution in [2.75, 3.05) is 0 Å². The summed E-state index contributed by atoms with van der Waals surface area (Å²) in [4.78, 5) is 12.1. The van der Waals surface area contributed by atoms with Crippen LogP contribution in [0.3, 0.4) is 0 Å². The molecule has 8 heteroatoms. The first-order valence-electron chi connectivity index (χ1n) is 16.7. The number of piperidine rings is 2. The van der Waals surface area contributed by atoms with Gasteiger partial charge in [0.2, 0.25) is 11.9 Å². The van der Waals surface area contributed by atoms with E-state index in [1.54, 1.807) is 0 Å². The molecule has 0 radical (unpaired) electrons. The zero-order valence-corrected chi connectivity index (χ0v) is 30.1. The summed E-state index contributed by atoms with van der Waals surface area (Å²) >= 11 is 0. The van der Waals surface area contributed by atoms with Crippen LogP contribution in [-0.2, 0) is 0 Å². The summed E-state index contributed by atoms with van der Waals surface area (Å²) in [6.45, 7) is 31.7. The van der Waals surface area contributed by atoms with Crippen LogP contribution >= 0.6 is 0 Å². The van der Waals surface area contributed by atoms with Crippen LogP contribution in [0.4, 0.5) is 0 Å². The normalized spacial score (nSPS) is 24.4. The van der Waals surface area contributed by atoms with Gasteiger partial charge in [-0.2, -0.15) is 4.99 Å². The number of unbranched alkanes of at least 4 members (excludes halogenated alkanes) is 2. The fourth-order valence-corrected chi connectivity index (χ4v) is 8.52. The van der Waals surface area contributed by atoms with Crippen molar-refractivity contribution in [1.82, 2.24) is 20.9 Å². The number of nitrogens with one attached hydrogen (secondary N) is 3. The van der Waals surface area contributed by atoms with Crippen LogP contribution in [0.25, 0.3) is 0 Å². The summed E-state index contributed by atoms with van der Waals surface area (Å²) < 4.78 is 0. The SMILES string of the molecule is CCCCCC(NC1CC(C)(C)NC(C)(C)C1)N(C(N)=NC(N)=NC(C)(C)CC(C)(C)C)C1CC(C)(C)NC(C)(C)C1. The Labute approximate surface area is 260 Å². The van der Waals surface area contributed by atoms with Crippen molar-refractivity contribution in [3.8, 4) is 0 Å². The molecule has 0 saturated carbocycles. The molecule has 0 aliphatic carbocycles. The van der Waals surface area contributed by atoms with Gasteiger partial charge in [-0.05, 0) is 113 Å². The maximum atomic E-state index is 7.03. The highest BCUT2D eigenvalue weighted by atomic mass is 15.4. The van der Waals surface area contributed by atoms with Gasteiger partial charge in [-0.25, -0.2) is 4.99 Å². The van der Waals surface area contributed by atoms with E-state index in [2.05, 4.69) is 118 Å². The topological polar surface area (TPSA) is 116 Å². The predicted octanol–water partition coefficient (Wildman–Crippen LogP) is 6.25. The van der Waals surface area contributed by atoms with E-state index >= 15 is 0 Å². The standard InChI is InChI=1S/C34H70N8/c1-15-16-17-18-26(37-24-19-30(5,6)40-31(7,8)20-24)42(25-21-32(9,10)41-33(11,12)22-25)28(36)38-27(35)39-34(13,14)23-29(2,3)4/h24-26,37,40-41H,15-23H2,1-14H3,(H4,35,36,38,39). The summed E-state index contributed by atoms with van der Waals surface area (Å²) in [5.74, 6) is 0.735. The minimum atomic E-state index is -0.333. The maximum absolute atomic E-state index is 7.03. The van der Waals surface area contributed by atoms with Crippen molar-refractivity contribution < 1.29 is 0 Å². The predicted molar refractivity (Wildman–Crippen MR) is 183 cm³/mol. The van der Waals surface area contributed by atoms with Gasteiger partial charge in [-0.1, -0.05) is 47.0 Å². The first-order chi connectivity index (χ1) is 18.8. The second-order valence-corrected chi connectivity index (χ2v) is 18.0. The number of nitrogens with zero attached hydrogens (tertiary/aromatic N) is 3. The number of guanidine groups is 2. The van der Waals surface area contributed by atoms with Gasteiger partial charge in [-0.15, -0.1) is 0 Å². The Bertz CT molecular complexity index is 906. The lowest BCUT2D eigenvalue weighted by molar-refractivity contribution is 0.0558. The third kappa shape index (κ3) is 12.3. The van der Waals surface area contributed by atoms with Crippen LogP contribution in [0.15, 0.2) is 9.98 Å². The highest BCUT2D eigenvalue weighted by Crippen LogP contribution is 2.35. The average Bonchev–Trinajstić information content (AvgIpc) is 2.66. The maximum Gasteiger partial charge on any atom is 0.219 e. The van der Waals surface area contributed by atoms with Crippen LogP contribution in [0.5, 0.6) is 0 Å². The molecule has 8 nitrogen and oxygen atoms in total. The van der Waals surface area contributed by atoms with Gasteiger partial charge >= 0.3 is 0 Å². The van der Waals surface area contributed by atoms with E-state index in [0.29, 0.717) is 12.0 Å². The molecule has 0 bridgehead atoms. The molecule has 0 aromatic rings. The van der Waals surface area contributed by atoms with Gasteiger partial charge < -0.3 is 27.0 Å². The van der Waals surface area contributed by atoms with Crippen LogP contribution < -0.4 is 27.4 Å². The molecule has 1 atom stereocenters. The lowest BCUT2D eigenvalue weighted by atomic mass is 9.78. The van der Waals surface area contributed by atoms with E-state index in [1.807, 2.05) is 0 Å². The van der Waals surface area contributed by atoms with Crippen LogP contribution in [0, 0.1) is 5.41 Å². The van der Waals surface area contributed by atoms with Crippen molar-refractivity contribution in [3.63, 3.8) is 0 Å². The van der Waals surface area contributed by atoms with E-state index in [-0.39, 0.29) is 51.3 Å². The molecule has 7 N–H and O–H groups in total. The van der Waals surface area contributed by atoms with Crippen molar-refractivity contribution >= 4 is 11.9 Å². The molecule has 42 heavy (non-hydrogen) atoms. The average molecular weight is 591 g/mol. The Balaban J connectivity index is 2.57. The van der Waals surface area contributed by atoms with E-state index in [9.17, 15) is 0 Å². The van der Waals surface area contributed by atoms with Gasteiger partial charge in [-0.3, -0.25) is 5.32 Å². The van der Waals surface area contributed by atoms with E-state index in [0.717, 1.165) is 44.9 Å². The van der Waals surface area contributed by atoms with Crippen molar-refractivity contribution in [1.29, 1.82) is 0 Å². The molecule has 246 valence electrons. The van der Waals surface area contributed by atoms with Gasteiger partial charge in [0, 0.05) is 34.2 Å². The zero-order valence-electron chi connectivity index (χ0n) is 30.1. The molecule has 2 heterocycles. The van der Waals surface area contributed by atoms with Crippen molar-refractivity contribution in [3.05, 3.63) is 0 Å². The highest BCUT2D eigenvalue weighted by Gasteiger charge is 2.44. The Morgan fingerprint density at radius 2 is 1.31 bits per heavy atom. The molecule has 2 fully saturated rings. The van der Waals surface area contributed by atoms with Gasteiger partial charge in [0.05, 0.1) is 11.7 Å². The fourth-order valence-electron chi connectivity index (χ4n) is 8.52. The molecule has 0 spiro atoms. The largest absolute Gasteiger partial charge is 0.369 e. The van der Waals surface area contributed by atoms with Crippen LogP contribution in [0.2, 0.25) is 0 Å². The molecule has 2 rings (SSSR count). The smallest absolute Gasteiger partial charge is 0.219 e. The number of aliphatic imine (C=N–C) groups is 2. The molecule has 2 aliphatic heterocycles. The summed E-state index contributed by atoms with van der Waals surface area (Å²) in [5.41, 5.74) is 13.4. The second kappa shape index (κ2) is 13.3. The molecule has 0 aromatic carbocycles. The van der Waals surface area contributed by atoms with E-state index < -0.39 is 0 Å². The Morgan fingerprint density at radius 1 is 0.833 bits per heavy atom. The Morgan fingerprint density at radius 3 is 1.76 bits per heavy atom. The third-order valence-corrected chi connectivity index (χ3v) is 8.47. The summed E-state index contributed by atoms with van der Waals surface area (Å²) in [6, 6.07) is 0.565. The van der Waals surface area contributed by atoms with E-state index in [1.165, 1.54) is 12.8 Å². The van der Waals surface area contributed by atoms with E-state index in [4.69, 9.17) is 21.5 Å². The molecule has 0 amide bonds. The first kappa shape index (κ1) is 36.8. The number of hydrogen-bond donors (Lipinski definition) is 5. The fraction of sp³-hybridized carbons (Fsp3) is 0.941. The molecule has 2 aliphatic rings. The molecular weight excluding hydrogens is 520 g/mol. The van der Waals surface area contributed by atoms with Crippen molar-refractivity contribution in [2.45, 2.75) is 201 Å². The summed E-state index contributed by atoms with van der Waals surface area (Å²) in [5, 5.41) is 11.8. The summed E-state index contributed by atoms with van der Waals surface area (Å²) in [7, 11) is 0.